The zero-order valence-electron chi connectivity index (χ0n) is 23.8. The number of hydrogen-bond acceptors (Lipinski definition) is 5. The maximum Gasteiger partial charge on any atom is 0.272 e. The van der Waals surface area contributed by atoms with Crippen molar-refractivity contribution in [1.29, 1.82) is 0 Å². The van der Waals surface area contributed by atoms with Crippen LogP contribution in [0.5, 0.6) is 5.75 Å². The van der Waals surface area contributed by atoms with Gasteiger partial charge in [-0.3, -0.25) is 14.4 Å². The van der Waals surface area contributed by atoms with Gasteiger partial charge in [-0.1, -0.05) is 55.5 Å². The third kappa shape index (κ3) is 9.33. The van der Waals surface area contributed by atoms with E-state index in [1.165, 1.54) is 11.8 Å². The van der Waals surface area contributed by atoms with Crippen molar-refractivity contribution >= 4 is 62.9 Å². The summed E-state index contributed by atoms with van der Waals surface area (Å²) in [7, 11) is 0. The van der Waals surface area contributed by atoms with Gasteiger partial charge in [0.1, 0.15) is 11.4 Å². The van der Waals surface area contributed by atoms with Gasteiger partial charge < -0.3 is 20.7 Å². The topological polar surface area (TPSA) is 96.5 Å². The summed E-state index contributed by atoms with van der Waals surface area (Å²) in [5.74, 6) is -0.292. The van der Waals surface area contributed by atoms with Crippen LogP contribution in [0.3, 0.4) is 0 Å². The minimum Gasteiger partial charge on any atom is -0.494 e. The Morgan fingerprint density at radius 1 is 0.860 bits per heavy atom. The molecular weight excluding hydrogens is 626 g/mol. The summed E-state index contributed by atoms with van der Waals surface area (Å²) < 4.78 is 6.32. The zero-order valence-corrected chi connectivity index (χ0v) is 26.2. The quantitative estimate of drug-likeness (QED) is 0.107. The van der Waals surface area contributed by atoms with Gasteiger partial charge in [-0.15, -0.1) is 11.8 Å². The number of nitrogens with one attached hydrogen (secondary N) is 3. The monoisotopic (exact) mass is 657 g/mol. The molecule has 0 aliphatic carbocycles. The number of carbonyl (C=O) groups is 3. The van der Waals surface area contributed by atoms with Crippen molar-refractivity contribution in [2.45, 2.75) is 30.4 Å². The second kappa shape index (κ2) is 15.8. The normalized spacial score (nSPS) is 11.7. The van der Waals surface area contributed by atoms with E-state index in [2.05, 4.69) is 31.9 Å². The number of anilines is 2. The Kier molecular flexibility index (Phi) is 11.6. The molecule has 220 valence electrons. The van der Waals surface area contributed by atoms with Crippen molar-refractivity contribution in [3.8, 4) is 5.75 Å². The van der Waals surface area contributed by atoms with Crippen LogP contribution < -0.4 is 20.7 Å². The van der Waals surface area contributed by atoms with Gasteiger partial charge in [0.25, 0.3) is 11.8 Å². The Labute approximate surface area is 264 Å². The summed E-state index contributed by atoms with van der Waals surface area (Å²) in [4.78, 5) is 40.3. The zero-order chi connectivity index (χ0) is 30.6. The highest BCUT2D eigenvalue weighted by Crippen LogP contribution is 2.30. The van der Waals surface area contributed by atoms with Gasteiger partial charge in [0, 0.05) is 20.6 Å². The number of hydrogen-bond donors (Lipinski definition) is 3. The van der Waals surface area contributed by atoms with E-state index in [0.29, 0.717) is 41.3 Å². The maximum absolute atomic E-state index is 13.5. The van der Waals surface area contributed by atoms with Crippen LogP contribution in [0.25, 0.3) is 6.08 Å². The highest BCUT2D eigenvalue weighted by Gasteiger charge is 2.20. The van der Waals surface area contributed by atoms with Crippen molar-refractivity contribution in [3.63, 3.8) is 0 Å². The molecule has 0 fully saturated rings. The van der Waals surface area contributed by atoms with E-state index in [9.17, 15) is 14.4 Å². The van der Waals surface area contributed by atoms with E-state index in [4.69, 9.17) is 4.74 Å². The Hall–Kier alpha value is -4.34. The average Bonchev–Trinajstić information content (AvgIpc) is 3.02. The van der Waals surface area contributed by atoms with E-state index in [1.807, 2.05) is 74.5 Å². The molecule has 43 heavy (non-hydrogen) atoms. The molecule has 0 heterocycles. The van der Waals surface area contributed by atoms with Crippen LogP contribution in [0.2, 0.25) is 0 Å². The maximum atomic E-state index is 13.5. The summed E-state index contributed by atoms with van der Waals surface area (Å²) in [5.41, 5.74) is 2.46. The highest BCUT2D eigenvalue weighted by molar-refractivity contribution is 9.10. The lowest BCUT2D eigenvalue weighted by molar-refractivity contribution is -0.116. The van der Waals surface area contributed by atoms with Gasteiger partial charge in [0.2, 0.25) is 5.91 Å². The van der Waals surface area contributed by atoms with Crippen LogP contribution in [-0.2, 0) is 9.59 Å². The lowest BCUT2D eigenvalue weighted by Gasteiger charge is -2.16. The van der Waals surface area contributed by atoms with Crippen molar-refractivity contribution in [2.75, 3.05) is 17.2 Å². The first kappa shape index (κ1) is 31.6. The average molecular weight is 659 g/mol. The lowest BCUT2D eigenvalue weighted by Crippen LogP contribution is -2.30. The predicted molar refractivity (Wildman–Crippen MR) is 177 cm³/mol. The van der Waals surface area contributed by atoms with Crippen LogP contribution in [0.15, 0.2) is 118 Å². The molecule has 0 radical (unpaired) electrons. The highest BCUT2D eigenvalue weighted by atomic mass is 79.9. The summed E-state index contributed by atoms with van der Waals surface area (Å²) >= 11 is 4.88. The van der Waals surface area contributed by atoms with E-state index >= 15 is 0 Å². The second-order valence-corrected chi connectivity index (χ2v) is 11.5. The third-order valence-corrected chi connectivity index (χ3v) is 8.25. The smallest absolute Gasteiger partial charge is 0.272 e. The summed E-state index contributed by atoms with van der Waals surface area (Å²) in [6, 6.07) is 30.7. The first-order valence-corrected chi connectivity index (χ1v) is 15.5. The van der Waals surface area contributed by atoms with Crippen molar-refractivity contribution < 1.29 is 19.1 Å². The van der Waals surface area contributed by atoms with Crippen LogP contribution in [0.1, 0.15) is 36.2 Å². The Morgan fingerprint density at radius 2 is 1.58 bits per heavy atom. The second-order valence-electron chi connectivity index (χ2n) is 9.35. The first-order valence-electron chi connectivity index (χ1n) is 13.8. The minimum atomic E-state index is -0.487. The van der Waals surface area contributed by atoms with Gasteiger partial charge in [0.05, 0.1) is 17.5 Å². The number of carbonyl (C=O) groups excluding carboxylic acids is 3. The van der Waals surface area contributed by atoms with E-state index in [1.54, 1.807) is 48.5 Å². The fourth-order valence-corrected chi connectivity index (χ4v) is 5.44. The molecule has 4 rings (SSSR count). The molecular formula is C34H32BrN3O4S. The van der Waals surface area contributed by atoms with Crippen LogP contribution in [-0.4, -0.2) is 29.6 Å². The number of rotatable bonds is 12. The van der Waals surface area contributed by atoms with Gasteiger partial charge in [0.15, 0.2) is 0 Å². The van der Waals surface area contributed by atoms with E-state index in [-0.39, 0.29) is 16.9 Å². The molecule has 0 spiro atoms. The third-order valence-electron chi connectivity index (χ3n) is 6.20. The number of ether oxygens (including phenoxy) is 1. The molecule has 0 bridgehead atoms. The number of para-hydroxylation sites is 1. The molecule has 0 saturated heterocycles. The molecule has 3 amide bonds. The molecule has 0 aromatic heterocycles. The SMILES string of the molecule is CCOc1ccc(/C=C(/NC(=O)c2ccccc2)C(=O)Nc2cccc(SC(CC)C(=O)Nc3ccccc3Br)c2)cc1. The molecule has 0 aliphatic heterocycles. The lowest BCUT2D eigenvalue weighted by atomic mass is 10.1. The van der Waals surface area contributed by atoms with Gasteiger partial charge in [-0.2, -0.15) is 0 Å². The number of halogens is 1. The Balaban J connectivity index is 1.51. The first-order chi connectivity index (χ1) is 20.9. The summed E-state index contributed by atoms with van der Waals surface area (Å²) in [5, 5.41) is 8.28. The van der Waals surface area contributed by atoms with Crippen LogP contribution >= 0.6 is 27.7 Å². The minimum absolute atomic E-state index is 0.0790. The van der Waals surface area contributed by atoms with Gasteiger partial charge in [-0.25, -0.2) is 0 Å². The molecule has 7 nitrogen and oxygen atoms in total. The van der Waals surface area contributed by atoms with Gasteiger partial charge >= 0.3 is 0 Å². The molecule has 0 aliphatic rings. The molecule has 9 heteroatoms. The Morgan fingerprint density at radius 3 is 2.28 bits per heavy atom. The van der Waals surface area contributed by atoms with E-state index in [0.717, 1.165) is 9.37 Å². The number of amides is 3. The van der Waals surface area contributed by atoms with Gasteiger partial charge in [-0.05, 0) is 95.5 Å². The fourth-order valence-electron chi connectivity index (χ4n) is 4.04. The Bertz CT molecular complexity index is 1590. The summed E-state index contributed by atoms with van der Waals surface area (Å²) in [6.07, 6.45) is 2.22. The van der Waals surface area contributed by atoms with Crippen molar-refractivity contribution in [2.24, 2.45) is 0 Å². The standard InChI is InChI=1S/C34H32BrN3O4S/c1-3-31(34(41)37-29-16-9-8-15-28(29)35)43-27-14-10-13-25(22-27)36-33(40)30(38-32(39)24-11-6-5-7-12-24)21-23-17-19-26(20-18-23)42-4-2/h5-22,31H,3-4H2,1-2H3,(H,36,40)(H,37,41)(H,38,39)/b30-21+. The molecule has 3 N–H and O–H groups in total. The molecule has 4 aromatic carbocycles. The predicted octanol–water partition coefficient (Wildman–Crippen LogP) is 7.77. The van der Waals surface area contributed by atoms with Crippen molar-refractivity contribution in [3.05, 3.63) is 124 Å². The largest absolute Gasteiger partial charge is 0.494 e. The molecule has 4 aromatic rings. The van der Waals surface area contributed by atoms with Crippen LogP contribution in [0, 0.1) is 0 Å². The molecule has 1 atom stereocenters. The van der Waals surface area contributed by atoms with Crippen LogP contribution in [0.4, 0.5) is 11.4 Å². The number of thioether (sulfide) groups is 1. The van der Waals surface area contributed by atoms with Crippen molar-refractivity contribution in [1.82, 2.24) is 5.32 Å². The fraction of sp³-hybridized carbons (Fsp3) is 0.147. The molecule has 0 saturated carbocycles. The number of benzene rings is 4. The van der Waals surface area contributed by atoms with E-state index < -0.39 is 11.8 Å². The molecule has 1 unspecified atom stereocenters. The summed E-state index contributed by atoms with van der Waals surface area (Å²) in [6.45, 7) is 4.40.